The predicted molar refractivity (Wildman–Crippen MR) is 73.5 cm³/mol. The second kappa shape index (κ2) is 6.39. The van der Waals surface area contributed by atoms with Gasteiger partial charge in [-0.1, -0.05) is 12.1 Å². The Labute approximate surface area is 125 Å². The first kappa shape index (κ1) is 15.7. The Morgan fingerprint density at radius 3 is 2.32 bits per heavy atom. The monoisotopic (exact) mass is 307 g/mol. The standard InChI is InChI=1S/C16H12F3NO2/c1-21-13-5-2-11(3-6-13)10-22-15-7-4-12(9-20)8-14(15)16(17,18)19/h2-8H,10H2,1H3. The highest BCUT2D eigenvalue weighted by Crippen LogP contribution is 2.37. The van der Waals surface area contributed by atoms with Crippen molar-refractivity contribution in [3.63, 3.8) is 0 Å². The minimum absolute atomic E-state index is 0.0149. The minimum atomic E-state index is -4.58. The number of benzene rings is 2. The van der Waals surface area contributed by atoms with E-state index in [1.807, 2.05) is 0 Å². The number of alkyl halides is 3. The molecule has 0 aliphatic rings. The second-order valence-electron chi connectivity index (χ2n) is 4.46. The predicted octanol–water partition coefficient (Wildman–Crippen LogP) is 4.16. The lowest BCUT2D eigenvalue weighted by Gasteiger charge is -2.14. The van der Waals surface area contributed by atoms with Gasteiger partial charge in [0.25, 0.3) is 0 Å². The Morgan fingerprint density at radius 1 is 1.09 bits per heavy atom. The molecule has 0 radical (unpaired) electrons. The van der Waals surface area contributed by atoms with Crippen molar-refractivity contribution >= 4 is 0 Å². The summed E-state index contributed by atoms with van der Waals surface area (Å²) in [6, 6.07) is 11.7. The number of methoxy groups -OCH3 is 1. The van der Waals surface area contributed by atoms with E-state index in [1.165, 1.54) is 13.2 Å². The highest BCUT2D eigenvalue weighted by atomic mass is 19.4. The molecule has 0 unspecified atom stereocenters. The van der Waals surface area contributed by atoms with Gasteiger partial charge in [-0.05, 0) is 35.9 Å². The summed E-state index contributed by atoms with van der Waals surface area (Å²) in [5, 5.41) is 8.71. The molecule has 6 heteroatoms. The highest BCUT2D eigenvalue weighted by molar-refractivity contribution is 5.43. The first-order valence-corrected chi connectivity index (χ1v) is 6.31. The molecular weight excluding hydrogens is 295 g/mol. The van der Waals surface area contributed by atoms with Crippen molar-refractivity contribution in [2.45, 2.75) is 12.8 Å². The molecule has 3 nitrogen and oxygen atoms in total. The van der Waals surface area contributed by atoms with E-state index in [1.54, 1.807) is 30.3 Å². The Kier molecular flexibility index (Phi) is 4.56. The molecule has 0 N–H and O–H groups in total. The van der Waals surface area contributed by atoms with Crippen molar-refractivity contribution in [1.29, 1.82) is 5.26 Å². The Balaban J connectivity index is 2.20. The quantitative estimate of drug-likeness (QED) is 0.851. The van der Waals surface area contributed by atoms with Gasteiger partial charge in [-0.25, -0.2) is 0 Å². The average molecular weight is 307 g/mol. The third-order valence-electron chi connectivity index (χ3n) is 2.97. The Hall–Kier alpha value is -2.68. The van der Waals surface area contributed by atoms with E-state index < -0.39 is 11.7 Å². The molecule has 0 bridgehead atoms. The van der Waals surface area contributed by atoms with Gasteiger partial charge in [-0.3, -0.25) is 0 Å². The van der Waals surface area contributed by atoms with E-state index in [2.05, 4.69) is 0 Å². The number of hydrogen-bond donors (Lipinski definition) is 0. The molecule has 2 rings (SSSR count). The van der Waals surface area contributed by atoms with Crippen LogP contribution in [0.1, 0.15) is 16.7 Å². The lowest BCUT2D eigenvalue weighted by atomic mass is 10.1. The van der Waals surface area contributed by atoms with Crippen molar-refractivity contribution in [2.75, 3.05) is 7.11 Å². The van der Waals surface area contributed by atoms with Crippen LogP contribution in [0.15, 0.2) is 42.5 Å². The number of hydrogen-bond acceptors (Lipinski definition) is 3. The molecule has 0 aliphatic carbocycles. The van der Waals surface area contributed by atoms with Gasteiger partial charge in [0.05, 0.1) is 24.3 Å². The molecule has 0 heterocycles. The summed E-state index contributed by atoms with van der Waals surface area (Å²) in [5.41, 5.74) is -0.317. The van der Waals surface area contributed by atoms with Crippen molar-refractivity contribution in [3.8, 4) is 17.6 Å². The van der Waals surface area contributed by atoms with Crippen molar-refractivity contribution in [3.05, 3.63) is 59.2 Å². The minimum Gasteiger partial charge on any atom is -0.497 e. The number of rotatable bonds is 4. The normalized spacial score (nSPS) is 10.9. The van der Waals surface area contributed by atoms with Gasteiger partial charge in [0.15, 0.2) is 0 Å². The highest BCUT2D eigenvalue weighted by Gasteiger charge is 2.34. The van der Waals surface area contributed by atoms with Crippen LogP contribution in [0.5, 0.6) is 11.5 Å². The topological polar surface area (TPSA) is 42.2 Å². The maximum atomic E-state index is 13.0. The third-order valence-corrected chi connectivity index (χ3v) is 2.97. The van der Waals surface area contributed by atoms with Gasteiger partial charge >= 0.3 is 6.18 Å². The number of halogens is 3. The maximum Gasteiger partial charge on any atom is 0.420 e. The summed E-state index contributed by atoms with van der Waals surface area (Å²) in [4.78, 5) is 0. The lowest BCUT2D eigenvalue weighted by Crippen LogP contribution is -2.09. The molecule has 0 spiro atoms. The van der Waals surface area contributed by atoms with Crippen LogP contribution in [-0.2, 0) is 12.8 Å². The average Bonchev–Trinajstić information content (AvgIpc) is 2.52. The van der Waals surface area contributed by atoms with Crippen LogP contribution in [0.25, 0.3) is 0 Å². The fourth-order valence-electron chi connectivity index (χ4n) is 1.83. The number of nitriles is 1. The molecule has 2 aromatic rings. The molecule has 0 saturated heterocycles. The van der Waals surface area contributed by atoms with Gasteiger partial charge in [-0.15, -0.1) is 0 Å². The molecule has 0 aliphatic heterocycles. The largest absolute Gasteiger partial charge is 0.497 e. The Morgan fingerprint density at radius 2 is 1.77 bits per heavy atom. The van der Waals surface area contributed by atoms with Gasteiger partial charge in [0.1, 0.15) is 18.1 Å². The van der Waals surface area contributed by atoms with Crippen LogP contribution in [0.2, 0.25) is 0 Å². The fourth-order valence-corrected chi connectivity index (χ4v) is 1.83. The van der Waals surface area contributed by atoms with E-state index in [0.29, 0.717) is 11.3 Å². The van der Waals surface area contributed by atoms with E-state index in [0.717, 1.165) is 12.1 Å². The summed E-state index contributed by atoms with van der Waals surface area (Å²) in [6.07, 6.45) is -4.58. The van der Waals surface area contributed by atoms with Gasteiger partial charge in [-0.2, -0.15) is 18.4 Å². The van der Waals surface area contributed by atoms with Crippen molar-refractivity contribution in [2.24, 2.45) is 0 Å². The summed E-state index contributed by atoms with van der Waals surface area (Å²) in [6.45, 7) is -0.0149. The van der Waals surface area contributed by atoms with E-state index >= 15 is 0 Å². The van der Waals surface area contributed by atoms with Crippen LogP contribution >= 0.6 is 0 Å². The van der Waals surface area contributed by atoms with Crippen LogP contribution in [0.3, 0.4) is 0 Å². The third kappa shape index (κ3) is 3.70. The fraction of sp³-hybridized carbons (Fsp3) is 0.188. The molecule has 0 amide bonds. The molecule has 2 aromatic carbocycles. The molecule has 114 valence electrons. The molecule has 0 atom stereocenters. The molecular formula is C16H12F3NO2. The van der Waals surface area contributed by atoms with Crippen molar-refractivity contribution < 1.29 is 22.6 Å². The first-order chi connectivity index (χ1) is 10.4. The zero-order chi connectivity index (χ0) is 16.2. The van der Waals surface area contributed by atoms with E-state index in [9.17, 15) is 13.2 Å². The lowest BCUT2D eigenvalue weighted by molar-refractivity contribution is -0.139. The van der Waals surface area contributed by atoms with Crippen LogP contribution < -0.4 is 9.47 Å². The molecule has 0 aromatic heterocycles. The SMILES string of the molecule is COc1ccc(COc2ccc(C#N)cc2C(F)(F)F)cc1. The van der Waals surface area contributed by atoms with Crippen LogP contribution in [-0.4, -0.2) is 7.11 Å². The zero-order valence-electron chi connectivity index (χ0n) is 11.6. The van der Waals surface area contributed by atoms with Gasteiger partial charge < -0.3 is 9.47 Å². The van der Waals surface area contributed by atoms with E-state index in [-0.39, 0.29) is 17.9 Å². The van der Waals surface area contributed by atoms with Gasteiger partial charge in [0.2, 0.25) is 0 Å². The summed E-state index contributed by atoms with van der Waals surface area (Å²) < 4.78 is 49.2. The number of ether oxygens (including phenoxy) is 2. The molecule has 0 fully saturated rings. The maximum absolute atomic E-state index is 13.0. The Bertz CT molecular complexity index is 688. The van der Waals surface area contributed by atoms with Gasteiger partial charge in [0, 0.05) is 0 Å². The summed E-state index contributed by atoms with van der Waals surface area (Å²) >= 11 is 0. The van der Waals surface area contributed by atoms with Crippen molar-refractivity contribution in [1.82, 2.24) is 0 Å². The van der Waals surface area contributed by atoms with Crippen LogP contribution in [0.4, 0.5) is 13.2 Å². The number of nitrogens with zero attached hydrogens (tertiary/aromatic N) is 1. The smallest absolute Gasteiger partial charge is 0.420 e. The summed E-state index contributed by atoms with van der Waals surface area (Å²) in [5.74, 6) is 0.348. The summed E-state index contributed by atoms with van der Waals surface area (Å²) in [7, 11) is 1.53. The van der Waals surface area contributed by atoms with E-state index in [4.69, 9.17) is 14.7 Å². The van der Waals surface area contributed by atoms with Crippen LogP contribution in [0, 0.1) is 11.3 Å². The first-order valence-electron chi connectivity index (χ1n) is 6.31. The molecule has 22 heavy (non-hydrogen) atoms. The second-order valence-corrected chi connectivity index (χ2v) is 4.46. The molecule has 0 saturated carbocycles. The zero-order valence-corrected chi connectivity index (χ0v) is 11.6.